The van der Waals surface area contributed by atoms with Gasteiger partial charge >= 0.3 is 0 Å². The van der Waals surface area contributed by atoms with Crippen molar-refractivity contribution in [3.8, 4) is 0 Å². The van der Waals surface area contributed by atoms with E-state index in [2.05, 4.69) is 15.5 Å². The Labute approximate surface area is 123 Å². The lowest BCUT2D eigenvalue weighted by atomic mass is 9.79. The number of nitrogens with one attached hydrogen (secondary N) is 1. The second kappa shape index (κ2) is 6.21. The van der Waals surface area contributed by atoms with Gasteiger partial charge in [-0.15, -0.1) is 11.3 Å². The van der Waals surface area contributed by atoms with Gasteiger partial charge in [0.2, 0.25) is 5.91 Å². The van der Waals surface area contributed by atoms with Crippen LogP contribution in [0.4, 0.5) is 0 Å². The lowest BCUT2D eigenvalue weighted by molar-refractivity contribution is -0.129. The van der Waals surface area contributed by atoms with Crippen molar-refractivity contribution in [2.24, 2.45) is 16.3 Å². The van der Waals surface area contributed by atoms with Crippen molar-refractivity contribution in [3.63, 3.8) is 0 Å². The predicted octanol–water partition coefficient (Wildman–Crippen LogP) is 2.05. The molecule has 6 nitrogen and oxygen atoms in total. The van der Waals surface area contributed by atoms with Crippen molar-refractivity contribution in [2.75, 3.05) is 0 Å². The predicted molar refractivity (Wildman–Crippen MR) is 79.7 cm³/mol. The van der Waals surface area contributed by atoms with Crippen molar-refractivity contribution >= 4 is 23.1 Å². The van der Waals surface area contributed by atoms with Gasteiger partial charge in [0.25, 0.3) is 0 Å². The number of aromatic nitrogens is 1. The maximum atomic E-state index is 12.6. The molecule has 1 aromatic rings. The Bertz CT molecular complexity index is 479. The van der Waals surface area contributed by atoms with Crippen LogP contribution in [0.25, 0.3) is 0 Å². The smallest absolute Gasteiger partial charge is 0.234 e. The van der Waals surface area contributed by atoms with E-state index >= 15 is 0 Å². The summed E-state index contributed by atoms with van der Waals surface area (Å²) in [4.78, 5) is 16.9. The minimum absolute atomic E-state index is 0.0602. The monoisotopic (exact) mass is 298 g/mol. The fourth-order valence-electron chi connectivity index (χ4n) is 2.13. The van der Waals surface area contributed by atoms with Crippen molar-refractivity contribution in [1.82, 2.24) is 10.3 Å². The quantitative estimate of drug-likeness (QED) is 0.324. The Hall–Kier alpha value is -1.63. The molecular weight excluding hydrogens is 276 g/mol. The molecule has 0 aliphatic carbocycles. The minimum atomic E-state index is -0.997. The number of amides is 1. The summed E-state index contributed by atoms with van der Waals surface area (Å²) in [6.45, 7) is 7.45. The van der Waals surface area contributed by atoms with Crippen LogP contribution in [0.1, 0.15) is 45.5 Å². The highest BCUT2D eigenvalue weighted by Crippen LogP contribution is 2.30. The van der Waals surface area contributed by atoms with E-state index in [0.717, 1.165) is 5.01 Å². The van der Waals surface area contributed by atoms with Crippen molar-refractivity contribution in [1.29, 1.82) is 0 Å². The van der Waals surface area contributed by atoms with E-state index in [1.54, 1.807) is 6.20 Å². The summed E-state index contributed by atoms with van der Waals surface area (Å²) in [5.74, 6) is -0.312. The van der Waals surface area contributed by atoms with Gasteiger partial charge in [-0.2, -0.15) is 0 Å². The number of carbonyl (C=O) groups is 1. The summed E-state index contributed by atoms with van der Waals surface area (Å²) in [6, 6.07) is 0. The Morgan fingerprint density at radius 1 is 1.50 bits per heavy atom. The van der Waals surface area contributed by atoms with Gasteiger partial charge < -0.3 is 16.3 Å². The van der Waals surface area contributed by atoms with Gasteiger partial charge in [0.1, 0.15) is 10.4 Å². The Balaban J connectivity index is 3.04. The highest BCUT2D eigenvalue weighted by molar-refractivity contribution is 7.09. The van der Waals surface area contributed by atoms with Crippen LogP contribution in [0.3, 0.4) is 0 Å². The zero-order valence-electron chi connectivity index (χ0n) is 12.3. The number of hydrogen-bond acceptors (Lipinski definition) is 5. The van der Waals surface area contributed by atoms with Gasteiger partial charge in [-0.25, -0.2) is 4.98 Å². The zero-order chi connectivity index (χ0) is 15.4. The SMILES string of the molecule is CCC(CC)(C(=O)NC(C)(C)c1nccs1)/C(N)=N/O. The first kappa shape index (κ1) is 16.4. The molecule has 20 heavy (non-hydrogen) atoms. The van der Waals surface area contributed by atoms with Crippen molar-refractivity contribution in [3.05, 3.63) is 16.6 Å². The van der Waals surface area contributed by atoms with E-state index in [0.29, 0.717) is 12.8 Å². The molecule has 0 bridgehead atoms. The van der Waals surface area contributed by atoms with Crippen LogP contribution in [0.2, 0.25) is 0 Å². The molecule has 1 rings (SSSR count). The largest absolute Gasteiger partial charge is 0.409 e. The molecule has 7 heteroatoms. The van der Waals surface area contributed by atoms with Gasteiger partial charge in [0, 0.05) is 11.6 Å². The van der Waals surface area contributed by atoms with E-state index in [1.165, 1.54) is 11.3 Å². The molecular formula is C13H22N4O2S. The molecule has 0 saturated heterocycles. The number of amidine groups is 1. The van der Waals surface area contributed by atoms with Gasteiger partial charge in [-0.05, 0) is 26.7 Å². The Kier molecular flexibility index (Phi) is 5.10. The standard InChI is InChI=1S/C13H22N4O2S/c1-5-13(6-2,9(14)17-19)10(18)16-12(3,4)11-15-7-8-20-11/h7-8,19H,5-6H2,1-4H3,(H2,14,17)(H,16,18). The molecule has 112 valence electrons. The molecule has 0 aliphatic rings. The van der Waals surface area contributed by atoms with Crippen LogP contribution in [-0.4, -0.2) is 21.9 Å². The van der Waals surface area contributed by atoms with E-state index in [1.807, 2.05) is 33.1 Å². The summed E-state index contributed by atoms with van der Waals surface area (Å²) in [5, 5.41) is 17.6. The number of carbonyl (C=O) groups excluding carboxylic acids is 1. The number of thiazole rings is 1. The van der Waals surface area contributed by atoms with Gasteiger partial charge in [0.05, 0.1) is 5.54 Å². The lowest BCUT2D eigenvalue weighted by Crippen LogP contribution is -2.54. The third-order valence-corrected chi connectivity index (χ3v) is 4.73. The highest BCUT2D eigenvalue weighted by Gasteiger charge is 2.42. The number of nitrogens with two attached hydrogens (primary N) is 1. The molecule has 0 saturated carbocycles. The summed E-state index contributed by atoms with van der Waals surface area (Å²) in [7, 11) is 0. The maximum Gasteiger partial charge on any atom is 0.234 e. The van der Waals surface area contributed by atoms with Crippen LogP contribution in [0.5, 0.6) is 0 Å². The van der Waals surface area contributed by atoms with E-state index in [-0.39, 0.29) is 11.7 Å². The minimum Gasteiger partial charge on any atom is -0.409 e. The Morgan fingerprint density at radius 3 is 2.50 bits per heavy atom. The third-order valence-electron chi connectivity index (χ3n) is 3.63. The summed E-state index contributed by atoms with van der Waals surface area (Å²) < 4.78 is 0. The molecule has 1 aromatic heterocycles. The van der Waals surface area contributed by atoms with Crippen LogP contribution in [0.15, 0.2) is 16.7 Å². The fourth-order valence-corrected chi connectivity index (χ4v) is 2.85. The second-order valence-corrected chi connectivity index (χ2v) is 6.09. The molecule has 4 N–H and O–H groups in total. The fraction of sp³-hybridized carbons (Fsp3) is 0.615. The van der Waals surface area contributed by atoms with Crippen LogP contribution in [0, 0.1) is 5.41 Å². The molecule has 1 heterocycles. The van der Waals surface area contributed by atoms with Gasteiger partial charge in [-0.3, -0.25) is 4.79 Å². The topological polar surface area (TPSA) is 101 Å². The van der Waals surface area contributed by atoms with Crippen molar-refractivity contribution in [2.45, 2.75) is 46.1 Å². The molecule has 0 spiro atoms. The zero-order valence-corrected chi connectivity index (χ0v) is 13.1. The highest BCUT2D eigenvalue weighted by atomic mass is 32.1. The average Bonchev–Trinajstić information content (AvgIpc) is 2.94. The normalized spacial score (nSPS) is 13.3. The van der Waals surface area contributed by atoms with Crippen LogP contribution in [-0.2, 0) is 10.3 Å². The van der Waals surface area contributed by atoms with Crippen LogP contribution >= 0.6 is 11.3 Å². The number of hydrogen-bond donors (Lipinski definition) is 3. The second-order valence-electron chi connectivity index (χ2n) is 5.19. The molecule has 0 atom stereocenters. The molecule has 0 fully saturated rings. The van der Waals surface area contributed by atoms with E-state index in [4.69, 9.17) is 10.9 Å². The van der Waals surface area contributed by atoms with E-state index < -0.39 is 11.0 Å². The Morgan fingerprint density at radius 2 is 2.10 bits per heavy atom. The third kappa shape index (κ3) is 2.92. The van der Waals surface area contributed by atoms with Gasteiger partial charge in [-0.1, -0.05) is 19.0 Å². The number of rotatable bonds is 6. The molecule has 1 amide bonds. The van der Waals surface area contributed by atoms with Gasteiger partial charge in [0.15, 0.2) is 5.84 Å². The van der Waals surface area contributed by atoms with E-state index in [9.17, 15) is 4.79 Å². The van der Waals surface area contributed by atoms with Crippen molar-refractivity contribution < 1.29 is 10.0 Å². The molecule has 0 unspecified atom stereocenters. The molecule has 0 aromatic carbocycles. The summed E-state index contributed by atoms with van der Waals surface area (Å²) in [6.07, 6.45) is 2.61. The summed E-state index contributed by atoms with van der Waals surface area (Å²) >= 11 is 1.48. The maximum absolute atomic E-state index is 12.6. The molecule has 0 aliphatic heterocycles. The summed E-state index contributed by atoms with van der Waals surface area (Å²) in [5.41, 5.74) is 4.14. The number of oxime groups is 1. The average molecular weight is 298 g/mol. The molecule has 0 radical (unpaired) electrons. The lowest BCUT2D eigenvalue weighted by Gasteiger charge is -2.33. The first-order valence-corrected chi connectivity index (χ1v) is 7.42. The first-order chi connectivity index (χ1) is 9.34. The van der Waals surface area contributed by atoms with Crippen LogP contribution < -0.4 is 11.1 Å². The number of nitrogens with zero attached hydrogens (tertiary/aromatic N) is 2. The first-order valence-electron chi connectivity index (χ1n) is 6.54.